The van der Waals surface area contributed by atoms with Gasteiger partial charge in [0, 0.05) is 27.2 Å². The SMILES string of the molecule is CN=C(NC)NCCNC(=O)OC(C)(C)C. The van der Waals surface area contributed by atoms with Gasteiger partial charge in [-0.1, -0.05) is 0 Å². The molecule has 0 aromatic rings. The van der Waals surface area contributed by atoms with Crippen LogP contribution in [0, 0.1) is 0 Å². The molecule has 0 aliphatic rings. The highest BCUT2D eigenvalue weighted by molar-refractivity contribution is 5.79. The van der Waals surface area contributed by atoms with Crippen LogP contribution in [0.5, 0.6) is 0 Å². The molecule has 0 saturated heterocycles. The minimum absolute atomic E-state index is 0.409. The smallest absolute Gasteiger partial charge is 0.407 e. The quantitative estimate of drug-likeness (QED) is 0.370. The molecule has 1 amide bonds. The van der Waals surface area contributed by atoms with Crippen LogP contribution in [0.2, 0.25) is 0 Å². The molecular weight excluding hydrogens is 208 g/mol. The van der Waals surface area contributed by atoms with E-state index in [9.17, 15) is 4.79 Å². The fraction of sp³-hybridized carbons (Fsp3) is 0.800. The van der Waals surface area contributed by atoms with E-state index >= 15 is 0 Å². The summed E-state index contributed by atoms with van der Waals surface area (Å²) in [6.07, 6.45) is -0.409. The van der Waals surface area contributed by atoms with E-state index < -0.39 is 11.7 Å². The summed E-state index contributed by atoms with van der Waals surface area (Å²) < 4.78 is 5.07. The Kier molecular flexibility index (Phi) is 6.29. The van der Waals surface area contributed by atoms with Gasteiger partial charge in [-0.05, 0) is 20.8 Å². The number of ether oxygens (including phenoxy) is 1. The predicted molar refractivity (Wildman–Crippen MR) is 64.7 cm³/mol. The molecule has 0 fully saturated rings. The van der Waals surface area contributed by atoms with Gasteiger partial charge in [-0.3, -0.25) is 4.99 Å². The number of carbonyl (C=O) groups excluding carboxylic acids is 1. The number of rotatable bonds is 3. The third-order valence-electron chi connectivity index (χ3n) is 1.55. The van der Waals surface area contributed by atoms with Gasteiger partial charge in [-0.2, -0.15) is 0 Å². The lowest BCUT2D eigenvalue weighted by Gasteiger charge is -2.19. The molecular formula is C10H22N4O2. The van der Waals surface area contributed by atoms with Crippen LogP contribution < -0.4 is 16.0 Å². The predicted octanol–water partition coefficient (Wildman–Crippen LogP) is 0.306. The number of amides is 1. The van der Waals surface area contributed by atoms with Crippen molar-refractivity contribution in [1.82, 2.24) is 16.0 Å². The van der Waals surface area contributed by atoms with E-state index in [0.29, 0.717) is 19.0 Å². The molecule has 0 heterocycles. The summed E-state index contributed by atoms with van der Waals surface area (Å²) in [6.45, 7) is 6.55. The Morgan fingerprint density at radius 2 is 1.81 bits per heavy atom. The largest absolute Gasteiger partial charge is 0.444 e. The normalized spacial score (nSPS) is 11.9. The average Bonchev–Trinajstić information content (AvgIpc) is 2.15. The van der Waals surface area contributed by atoms with Gasteiger partial charge >= 0.3 is 6.09 Å². The summed E-state index contributed by atoms with van der Waals surface area (Å²) in [5.74, 6) is 0.686. The van der Waals surface area contributed by atoms with Crippen LogP contribution in [-0.2, 0) is 4.74 Å². The maximum Gasteiger partial charge on any atom is 0.407 e. The molecule has 0 aromatic heterocycles. The Morgan fingerprint density at radius 1 is 1.25 bits per heavy atom. The van der Waals surface area contributed by atoms with Crippen molar-refractivity contribution in [1.29, 1.82) is 0 Å². The number of nitrogens with one attached hydrogen (secondary N) is 3. The van der Waals surface area contributed by atoms with E-state index in [2.05, 4.69) is 20.9 Å². The Labute approximate surface area is 96.8 Å². The molecule has 0 bridgehead atoms. The summed E-state index contributed by atoms with van der Waals surface area (Å²) >= 11 is 0. The molecule has 0 radical (unpaired) electrons. The maximum absolute atomic E-state index is 11.2. The molecule has 0 aromatic carbocycles. The second kappa shape index (κ2) is 6.92. The highest BCUT2D eigenvalue weighted by Crippen LogP contribution is 2.05. The lowest BCUT2D eigenvalue weighted by Crippen LogP contribution is -2.41. The molecule has 16 heavy (non-hydrogen) atoms. The first-order valence-electron chi connectivity index (χ1n) is 5.24. The minimum Gasteiger partial charge on any atom is -0.444 e. The highest BCUT2D eigenvalue weighted by Gasteiger charge is 2.15. The van der Waals surface area contributed by atoms with Crippen molar-refractivity contribution < 1.29 is 9.53 Å². The number of hydrogen-bond donors (Lipinski definition) is 3. The molecule has 6 nitrogen and oxygen atoms in total. The van der Waals surface area contributed by atoms with Crippen LogP contribution in [0.3, 0.4) is 0 Å². The van der Waals surface area contributed by atoms with Gasteiger partial charge in [-0.15, -0.1) is 0 Å². The minimum atomic E-state index is -0.460. The number of guanidine groups is 1. The lowest BCUT2D eigenvalue weighted by atomic mass is 10.2. The number of hydrogen-bond acceptors (Lipinski definition) is 3. The first-order valence-corrected chi connectivity index (χ1v) is 5.24. The van der Waals surface area contributed by atoms with Gasteiger partial charge in [0.15, 0.2) is 5.96 Å². The van der Waals surface area contributed by atoms with Crippen molar-refractivity contribution in [2.45, 2.75) is 26.4 Å². The highest BCUT2D eigenvalue weighted by atomic mass is 16.6. The van der Waals surface area contributed by atoms with E-state index in [1.54, 1.807) is 14.1 Å². The van der Waals surface area contributed by atoms with Crippen molar-refractivity contribution >= 4 is 12.1 Å². The van der Waals surface area contributed by atoms with Crippen LogP contribution in [0.25, 0.3) is 0 Å². The first-order chi connectivity index (χ1) is 7.39. The van der Waals surface area contributed by atoms with Crippen molar-refractivity contribution in [3.8, 4) is 0 Å². The van der Waals surface area contributed by atoms with Crippen molar-refractivity contribution in [3.05, 3.63) is 0 Å². The van der Waals surface area contributed by atoms with Crippen LogP contribution in [0.15, 0.2) is 4.99 Å². The number of aliphatic imine (C=N–C) groups is 1. The zero-order valence-electron chi connectivity index (χ0n) is 10.7. The molecule has 0 atom stereocenters. The second-order valence-corrected chi connectivity index (χ2v) is 4.18. The molecule has 0 rings (SSSR count). The van der Waals surface area contributed by atoms with Crippen LogP contribution in [-0.4, -0.2) is 44.8 Å². The molecule has 0 unspecified atom stereocenters. The van der Waals surface area contributed by atoms with Gasteiger partial charge in [0.2, 0.25) is 0 Å². The zero-order valence-corrected chi connectivity index (χ0v) is 10.7. The van der Waals surface area contributed by atoms with Crippen molar-refractivity contribution in [2.24, 2.45) is 4.99 Å². The van der Waals surface area contributed by atoms with Gasteiger partial charge in [-0.25, -0.2) is 4.79 Å². The molecule has 0 aliphatic heterocycles. The topological polar surface area (TPSA) is 74.8 Å². The Balaban J connectivity index is 3.64. The van der Waals surface area contributed by atoms with Crippen LogP contribution >= 0.6 is 0 Å². The van der Waals surface area contributed by atoms with Gasteiger partial charge in [0.25, 0.3) is 0 Å². The first kappa shape index (κ1) is 14.5. The fourth-order valence-electron chi connectivity index (χ4n) is 0.939. The van der Waals surface area contributed by atoms with Gasteiger partial charge < -0.3 is 20.7 Å². The zero-order chi connectivity index (χ0) is 12.6. The monoisotopic (exact) mass is 230 g/mol. The number of alkyl carbamates (subject to hydrolysis) is 1. The van der Waals surface area contributed by atoms with Gasteiger partial charge in [0.05, 0.1) is 0 Å². The van der Waals surface area contributed by atoms with E-state index in [1.165, 1.54) is 0 Å². The van der Waals surface area contributed by atoms with Crippen molar-refractivity contribution in [2.75, 3.05) is 27.2 Å². The number of carbonyl (C=O) groups is 1. The van der Waals surface area contributed by atoms with E-state index in [4.69, 9.17) is 4.74 Å². The maximum atomic E-state index is 11.2. The van der Waals surface area contributed by atoms with Crippen LogP contribution in [0.1, 0.15) is 20.8 Å². The molecule has 94 valence electrons. The molecule has 3 N–H and O–H groups in total. The third kappa shape index (κ3) is 7.90. The summed E-state index contributed by atoms with van der Waals surface area (Å²) in [5, 5.41) is 8.52. The third-order valence-corrected chi connectivity index (χ3v) is 1.55. The summed E-state index contributed by atoms with van der Waals surface area (Å²) in [4.78, 5) is 15.2. The average molecular weight is 230 g/mol. The van der Waals surface area contributed by atoms with E-state index in [-0.39, 0.29) is 0 Å². The second-order valence-electron chi connectivity index (χ2n) is 4.18. The Hall–Kier alpha value is -1.46. The van der Waals surface area contributed by atoms with E-state index in [1.807, 2.05) is 20.8 Å². The number of nitrogens with zero attached hydrogens (tertiary/aromatic N) is 1. The fourth-order valence-corrected chi connectivity index (χ4v) is 0.939. The molecule has 0 saturated carbocycles. The Bertz CT molecular complexity index is 246. The summed E-state index contributed by atoms with van der Waals surface area (Å²) in [7, 11) is 3.46. The summed E-state index contributed by atoms with van der Waals surface area (Å²) in [6, 6.07) is 0. The van der Waals surface area contributed by atoms with Crippen LogP contribution in [0.4, 0.5) is 4.79 Å². The molecule has 6 heteroatoms. The summed E-state index contributed by atoms with van der Waals surface area (Å²) in [5.41, 5.74) is -0.460. The van der Waals surface area contributed by atoms with E-state index in [0.717, 1.165) is 0 Å². The van der Waals surface area contributed by atoms with Gasteiger partial charge in [0.1, 0.15) is 5.60 Å². The lowest BCUT2D eigenvalue weighted by molar-refractivity contribution is 0.0529. The molecule has 0 spiro atoms. The molecule has 0 aliphatic carbocycles. The standard InChI is InChI=1S/C10H22N4O2/c1-10(2,3)16-9(15)14-7-6-13-8(11-4)12-5/h6-7H2,1-5H3,(H,14,15)(H2,11,12,13). The van der Waals surface area contributed by atoms with Crippen molar-refractivity contribution in [3.63, 3.8) is 0 Å². The Morgan fingerprint density at radius 3 is 2.25 bits per heavy atom.